The van der Waals surface area contributed by atoms with Crippen molar-refractivity contribution in [3.8, 4) is 5.75 Å². The average molecular weight is 470 g/mol. The summed E-state index contributed by atoms with van der Waals surface area (Å²) in [5, 5.41) is 13.7. The lowest BCUT2D eigenvalue weighted by atomic mass is 10.0. The number of phenolic OH excluding ortho intramolecular Hbond substituents is 1. The highest BCUT2D eigenvalue weighted by Crippen LogP contribution is 2.37. The summed E-state index contributed by atoms with van der Waals surface area (Å²) < 4.78 is 15.5. The third-order valence-electron chi connectivity index (χ3n) is 6.47. The molecule has 3 N–H and O–H groups in total. The Morgan fingerprint density at radius 1 is 1.11 bits per heavy atom. The molecule has 2 heterocycles. The van der Waals surface area contributed by atoms with Gasteiger partial charge in [0.1, 0.15) is 5.75 Å². The molecular formula is C29H28FN3O2. The van der Waals surface area contributed by atoms with Gasteiger partial charge in [-0.2, -0.15) is 0 Å². The summed E-state index contributed by atoms with van der Waals surface area (Å²) in [4.78, 5) is 17.8. The van der Waals surface area contributed by atoms with Gasteiger partial charge in [0, 0.05) is 36.1 Å². The Labute approximate surface area is 203 Å². The third kappa shape index (κ3) is 4.98. The molecule has 1 atom stereocenters. The van der Waals surface area contributed by atoms with Gasteiger partial charge in [-0.25, -0.2) is 4.39 Å². The Hall–Kier alpha value is -3.90. The first-order valence-corrected chi connectivity index (χ1v) is 11.9. The van der Waals surface area contributed by atoms with E-state index in [1.807, 2.05) is 60.7 Å². The van der Waals surface area contributed by atoms with E-state index in [1.165, 1.54) is 0 Å². The predicted molar refractivity (Wildman–Crippen MR) is 137 cm³/mol. The van der Waals surface area contributed by atoms with Crippen molar-refractivity contribution in [1.82, 2.24) is 15.2 Å². The number of amides is 1. The van der Waals surface area contributed by atoms with Crippen LogP contribution >= 0.6 is 0 Å². The molecule has 0 fully saturated rings. The van der Waals surface area contributed by atoms with Crippen molar-refractivity contribution in [2.45, 2.75) is 25.7 Å². The molecule has 0 saturated heterocycles. The van der Waals surface area contributed by atoms with Gasteiger partial charge in [0.15, 0.2) is 6.30 Å². The number of phenols is 1. The lowest BCUT2D eigenvalue weighted by Gasteiger charge is -2.31. The highest BCUT2D eigenvalue weighted by atomic mass is 19.1. The molecule has 5 nitrogen and oxygen atoms in total. The Morgan fingerprint density at radius 2 is 1.91 bits per heavy atom. The molecule has 6 heteroatoms. The number of benzene rings is 3. The number of nitrogens with zero attached hydrogens (tertiary/aromatic N) is 1. The normalized spacial score (nSPS) is 16.0. The molecule has 4 aromatic rings. The smallest absolute Gasteiger partial charge is 0.251 e. The van der Waals surface area contributed by atoms with Gasteiger partial charge in [-0.05, 0) is 53.8 Å². The van der Waals surface area contributed by atoms with Gasteiger partial charge in [0.2, 0.25) is 0 Å². The van der Waals surface area contributed by atoms with Crippen LogP contribution in [-0.2, 0) is 13.0 Å². The molecule has 1 unspecified atom stereocenters. The Kier molecular flexibility index (Phi) is 6.64. The summed E-state index contributed by atoms with van der Waals surface area (Å²) in [7, 11) is 0. The van der Waals surface area contributed by atoms with Gasteiger partial charge < -0.3 is 15.4 Å². The number of carbonyl (C=O) groups is 1. The zero-order chi connectivity index (χ0) is 24.2. The molecule has 0 aliphatic carbocycles. The number of hydrogen-bond acceptors (Lipinski definition) is 3. The summed E-state index contributed by atoms with van der Waals surface area (Å²) in [5.41, 5.74) is 4.75. The summed E-state index contributed by atoms with van der Waals surface area (Å²) in [5.74, 6) is 0.0236. The Bertz CT molecular complexity index is 1360. The van der Waals surface area contributed by atoms with Gasteiger partial charge in [-0.3, -0.25) is 9.69 Å². The third-order valence-corrected chi connectivity index (χ3v) is 6.47. The number of hydrogen-bond donors (Lipinski definition) is 3. The van der Waals surface area contributed by atoms with Crippen LogP contribution in [0.1, 0.15) is 45.5 Å². The van der Waals surface area contributed by atoms with Crippen LogP contribution in [0.2, 0.25) is 0 Å². The fraction of sp³-hybridized carbons (Fsp3) is 0.207. The summed E-state index contributed by atoms with van der Waals surface area (Å²) >= 11 is 0. The van der Waals surface area contributed by atoms with Gasteiger partial charge in [-0.1, -0.05) is 60.7 Å². The number of carbonyl (C=O) groups excluding carboxylic acids is 1. The molecule has 1 aliphatic heterocycles. The minimum atomic E-state index is -1.31. The van der Waals surface area contributed by atoms with Crippen molar-refractivity contribution in [3.63, 3.8) is 0 Å². The van der Waals surface area contributed by atoms with Gasteiger partial charge in [0.25, 0.3) is 5.91 Å². The first-order chi connectivity index (χ1) is 17.1. The van der Waals surface area contributed by atoms with E-state index in [0.29, 0.717) is 37.3 Å². The summed E-state index contributed by atoms with van der Waals surface area (Å²) in [6.07, 6.45) is 4.16. The number of alkyl halides is 1. The maximum absolute atomic E-state index is 15.5. The van der Waals surface area contributed by atoms with Crippen LogP contribution in [0, 0.1) is 0 Å². The fourth-order valence-electron chi connectivity index (χ4n) is 4.69. The van der Waals surface area contributed by atoms with Gasteiger partial charge >= 0.3 is 0 Å². The van der Waals surface area contributed by atoms with Gasteiger partial charge in [-0.15, -0.1) is 0 Å². The standard InChI is InChI=1S/C29H28FN3O2/c30-28-27-24(25-18-22(34)13-14-26(25)32-27)15-17-33(28)19-21-11-4-5-12-23(21)29(35)31-16-7-6-10-20-8-2-1-3-9-20/h1-6,8-14,18,28,32,34H,7,15-17,19H2,(H,31,35). The Morgan fingerprint density at radius 3 is 2.77 bits per heavy atom. The second-order valence-electron chi connectivity index (χ2n) is 8.82. The van der Waals surface area contributed by atoms with Crippen molar-refractivity contribution < 1.29 is 14.3 Å². The van der Waals surface area contributed by atoms with Crippen LogP contribution in [-0.4, -0.2) is 34.0 Å². The maximum Gasteiger partial charge on any atom is 0.251 e. The second kappa shape index (κ2) is 10.2. The topological polar surface area (TPSA) is 68.4 Å². The van der Waals surface area contributed by atoms with E-state index in [9.17, 15) is 9.90 Å². The fourth-order valence-corrected chi connectivity index (χ4v) is 4.69. The SMILES string of the molecule is O=C(NCCC=Cc1ccccc1)c1ccccc1CN1CCc2c([nH]c3ccc(O)cc23)C1F. The first kappa shape index (κ1) is 22.9. The van der Waals surface area contributed by atoms with Crippen molar-refractivity contribution in [1.29, 1.82) is 0 Å². The van der Waals surface area contributed by atoms with Crippen LogP contribution in [0.4, 0.5) is 4.39 Å². The quantitative estimate of drug-likeness (QED) is 0.239. The average Bonchev–Trinajstić information content (AvgIpc) is 3.25. The summed E-state index contributed by atoms with van der Waals surface area (Å²) in [6, 6.07) is 22.5. The highest BCUT2D eigenvalue weighted by Gasteiger charge is 2.31. The molecular weight excluding hydrogens is 441 g/mol. The van der Waals surface area contributed by atoms with Crippen LogP contribution in [0.3, 0.4) is 0 Å². The van der Waals surface area contributed by atoms with E-state index in [0.717, 1.165) is 34.0 Å². The van der Waals surface area contributed by atoms with Crippen molar-refractivity contribution in [3.05, 3.63) is 107 Å². The molecule has 3 aromatic carbocycles. The maximum atomic E-state index is 15.5. The number of aromatic nitrogens is 1. The lowest BCUT2D eigenvalue weighted by molar-refractivity contribution is 0.0612. The number of aromatic amines is 1. The molecule has 1 aliphatic rings. The first-order valence-electron chi connectivity index (χ1n) is 11.9. The molecule has 0 spiro atoms. The van der Waals surface area contributed by atoms with E-state index in [1.54, 1.807) is 29.2 Å². The van der Waals surface area contributed by atoms with E-state index < -0.39 is 6.30 Å². The molecule has 0 radical (unpaired) electrons. The zero-order valence-electron chi connectivity index (χ0n) is 19.4. The molecule has 5 rings (SSSR count). The zero-order valence-corrected chi connectivity index (χ0v) is 19.4. The number of aromatic hydroxyl groups is 1. The van der Waals surface area contributed by atoms with E-state index in [2.05, 4.69) is 10.3 Å². The minimum Gasteiger partial charge on any atom is -0.508 e. The molecule has 35 heavy (non-hydrogen) atoms. The molecule has 0 saturated carbocycles. The molecule has 1 amide bonds. The van der Waals surface area contributed by atoms with Crippen molar-refractivity contribution in [2.24, 2.45) is 0 Å². The molecule has 1 aromatic heterocycles. The highest BCUT2D eigenvalue weighted by molar-refractivity contribution is 5.95. The van der Waals surface area contributed by atoms with Crippen molar-refractivity contribution >= 4 is 22.9 Å². The lowest BCUT2D eigenvalue weighted by Crippen LogP contribution is -2.34. The largest absolute Gasteiger partial charge is 0.508 e. The number of halogens is 1. The molecule has 0 bridgehead atoms. The number of H-pyrrole nitrogens is 1. The van der Waals surface area contributed by atoms with Crippen LogP contribution in [0.25, 0.3) is 17.0 Å². The number of fused-ring (bicyclic) bond motifs is 3. The van der Waals surface area contributed by atoms with E-state index in [4.69, 9.17) is 0 Å². The van der Waals surface area contributed by atoms with Crippen LogP contribution in [0.15, 0.2) is 78.9 Å². The van der Waals surface area contributed by atoms with E-state index >= 15 is 4.39 Å². The van der Waals surface area contributed by atoms with Crippen LogP contribution in [0.5, 0.6) is 5.75 Å². The summed E-state index contributed by atoms with van der Waals surface area (Å²) in [6.45, 7) is 1.38. The monoisotopic (exact) mass is 469 g/mol. The van der Waals surface area contributed by atoms with Crippen molar-refractivity contribution in [2.75, 3.05) is 13.1 Å². The number of rotatable bonds is 7. The Balaban J connectivity index is 1.24. The van der Waals surface area contributed by atoms with E-state index in [-0.39, 0.29) is 11.7 Å². The second-order valence-corrected chi connectivity index (χ2v) is 8.82. The number of nitrogens with one attached hydrogen (secondary N) is 2. The minimum absolute atomic E-state index is 0.150. The predicted octanol–water partition coefficient (Wildman–Crippen LogP) is 5.73. The molecule has 178 valence electrons. The van der Waals surface area contributed by atoms with Crippen LogP contribution < -0.4 is 5.32 Å². The van der Waals surface area contributed by atoms with Gasteiger partial charge in [0.05, 0.1) is 5.69 Å².